The minimum atomic E-state index is -0.240. The molecule has 1 heterocycles. The number of benzene rings is 1. The zero-order valence-electron chi connectivity index (χ0n) is 13.7. The molecule has 0 aliphatic rings. The molecule has 0 radical (unpaired) electrons. The number of unbranched alkanes of at least 4 members (excludes halogenated alkanes) is 2. The average Bonchev–Trinajstić information content (AvgIpc) is 2.60. The van der Waals surface area contributed by atoms with Gasteiger partial charge >= 0.3 is 0 Å². The van der Waals surface area contributed by atoms with Gasteiger partial charge in [-0.1, -0.05) is 31.4 Å². The SMILES string of the molecule is CCCCCNc1ccc(NC(=O)COc2ccc(Cl)cc2)cn1. The monoisotopic (exact) mass is 347 g/mol. The summed E-state index contributed by atoms with van der Waals surface area (Å²) in [5.74, 6) is 1.16. The zero-order chi connectivity index (χ0) is 17.2. The van der Waals surface area contributed by atoms with Crippen LogP contribution in [0.2, 0.25) is 5.02 Å². The Labute approximate surface area is 147 Å². The van der Waals surface area contributed by atoms with Crippen LogP contribution >= 0.6 is 11.6 Å². The van der Waals surface area contributed by atoms with E-state index < -0.39 is 0 Å². The fourth-order valence-electron chi connectivity index (χ4n) is 2.04. The van der Waals surface area contributed by atoms with Crippen LogP contribution in [0.5, 0.6) is 5.75 Å². The van der Waals surface area contributed by atoms with E-state index in [1.54, 1.807) is 30.5 Å². The van der Waals surface area contributed by atoms with Gasteiger partial charge in [0.25, 0.3) is 5.91 Å². The fraction of sp³-hybridized carbons (Fsp3) is 0.333. The molecule has 0 saturated carbocycles. The van der Waals surface area contributed by atoms with E-state index in [-0.39, 0.29) is 12.5 Å². The minimum absolute atomic E-state index is 0.0708. The van der Waals surface area contributed by atoms with Crippen LogP contribution in [-0.2, 0) is 4.79 Å². The summed E-state index contributed by atoms with van der Waals surface area (Å²) in [5.41, 5.74) is 0.638. The van der Waals surface area contributed by atoms with Gasteiger partial charge in [0.15, 0.2) is 6.61 Å². The number of hydrogen-bond acceptors (Lipinski definition) is 4. The Hall–Kier alpha value is -2.27. The van der Waals surface area contributed by atoms with E-state index in [1.807, 2.05) is 12.1 Å². The number of hydrogen-bond donors (Lipinski definition) is 2. The molecule has 128 valence electrons. The van der Waals surface area contributed by atoms with Gasteiger partial charge in [0, 0.05) is 11.6 Å². The van der Waals surface area contributed by atoms with Crippen molar-refractivity contribution in [1.29, 1.82) is 0 Å². The third-order valence-corrected chi connectivity index (χ3v) is 3.57. The molecular weight excluding hydrogens is 326 g/mol. The van der Waals surface area contributed by atoms with Gasteiger partial charge < -0.3 is 15.4 Å². The second-order valence-corrected chi connectivity index (χ2v) is 5.79. The molecular formula is C18H22ClN3O2. The van der Waals surface area contributed by atoms with Crippen molar-refractivity contribution in [2.24, 2.45) is 0 Å². The van der Waals surface area contributed by atoms with Gasteiger partial charge in [0.2, 0.25) is 0 Å². The van der Waals surface area contributed by atoms with Crippen LogP contribution in [0, 0.1) is 0 Å². The van der Waals surface area contributed by atoms with Crippen LogP contribution in [-0.4, -0.2) is 24.0 Å². The first-order chi connectivity index (χ1) is 11.7. The van der Waals surface area contributed by atoms with Crippen molar-refractivity contribution in [3.8, 4) is 5.75 Å². The van der Waals surface area contributed by atoms with Gasteiger partial charge in [-0.3, -0.25) is 4.79 Å². The van der Waals surface area contributed by atoms with E-state index in [1.165, 1.54) is 12.8 Å². The molecule has 0 spiro atoms. The minimum Gasteiger partial charge on any atom is -0.484 e. The maximum atomic E-state index is 11.9. The van der Waals surface area contributed by atoms with Crippen molar-refractivity contribution < 1.29 is 9.53 Å². The van der Waals surface area contributed by atoms with Gasteiger partial charge in [0.05, 0.1) is 11.9 Å². The van der Waals surface area contributed by atoms with Crippen molar-refractivity contribution in [3.05, 3.63) is 47.6 Å². The summed E-state index contributed by atoms with van der Waals surface area (Å²) in [5, 5.41) is 6.62. The van der Waals surface area contributed by atoms with Crippen molar-refractivity contribution >= 4 is 29.0 Å². The number of rotatable bonds is 9. The van der Waals surface area contributed by atoms with Gasteiger partial charge in [-0.15, -0.1) is 0 Å². The van der Waals surface area contributed by atoms with E-state index in [4.69, 9.17) is 16.3 Å². The maximum absolute atomic E-state index is 11.9. The first-order valence-corrected chi connectivity index (χ1v) is 8.43. The molecule has 0 aliphatic carbocycles. The third kappa shape index (κ3) is 6.46. The van der Waals surface area contributed by atoms with Crippen molar-refractivity contribution in [1.82, 2.24) is 4.98 Å². The van der Waals surface area contributed by atoms with Crippen LogP contribution in [0.1, 0.15) is 26.2 Å². The topological polar surface area (TPSA) is 63.2 Å². The molecule has 6 heteroatoms. The molecule has 1 amide bonds. The number of carbonyl (C=O) groups excluding carboxylic acids is 1. The molecule has 0 atom stereocenters. The fourth-order valence-corrected chi connectivity index (χ4v) is 2.17. The number of anilines is 2. The van der Waals surface area contributed by atoms with Gasteiger partial charge in [-0.25, -0.2) is 4.98 Å². The average molecular weight is 348 g/mol. The summed E-state index contributed by atoms with van der Waals surface area (Å²) in [6.45, 7) is 3.01. The molecule has 1 aromatic carbocycles. The van der Waals surface area contributed by atoms with Crippen molar-refractivity contribution in [2.75, 3.05) is 23.8 Å². The predicted octanol–water partition coefficient (Wildman–Crippen LogP) is 4.35. The van der Waals surface area contributed by atoms with Crippen LogP contribution < -0.4 is 15.4 Å². The second-order valence-electron chi connectivity index (χ2n) is 5.36. The summed E-state index contributed by atoms with van der Waals surface area (Å²) in [7, 11) is 0. The summed E-state index contributed by atoms with van der Waals surface area (Å²) in [6.07, 6.45) is 5.15. The van der Waals surface area contributed by atoms with Gasteiger partial charge in [-0.05, 0) is 42.8 Å². The first kappa shape index (κ1) is 18.1. The highest BCUT2D eigenvalue weighted by Crippen LogP contribution is 2.15. The summed E-state index contributed by atoms with van der Waals surface area (Å²) in [6, 6.07) is 10.5. The van der Waals surface area contributed by atoms with Crippen LogP contribution in [0.4, 0.5) is 11.5 Å². The maximum Gasteiger partial charge on any atom is 0.262 e. The second kappa shape index (κ2) is 9.78. The lowest BCUT2D eigenvalue weighted by Gasteiger charge is -2.09. The Morgan fingerprint density at radius 3 is 2.62 bits per heavy atom. The number of amides is 1. The largest absolute Gasteiger partial charge is 0.484 e. The Balaban J connectivity index is 1.74. The highest BCUT2D eigenvalue weighted by Gasteiger charge is 2.04. The van der Waals surface area contributed by atoms with Gasteiger partial charge in [-0.2, -0.15) is 0 Å². The molecule has 2 rings (SSSR count). The summed E-state index contributed by atoms with van der Waals surface area (Å²) < 4.78 is 5.39. The van der Waals surface area contributed by atoms with Crippen LogP contribution in [0.25, 0.3) is 0 Å². The standard InChI is InChI=1S/C18H22ClN3O2/c1-2-3-4-11-20-17-10-7-15(12-21-17)22-18(23)13-24-16-8-5-14(19)6-9-16/h5-10,12H,2-4,11,13H2,1H3,(H,20,21)(H,22,23). The molecule has 0 saturated heterocycles. The normalized spacial score (nSPS) is 10.2. The number of nitrogens with one attached hydrogen (secondary N) is 2. The Bertz CT molecular complexity index is 630. The lowest BCUT2D eigenvalue weighted by molar-refractivity contribution is -0.118. The number of halogens is 1. The number of ether oxygens (including phenoxy) is 1. The molecule has 0 aliphatic heterocycles. The van der Waals surface area contributed by atoms with E-state index in [9.17, 15) is 4.79 Å². The molecule has 0 unspecified atom stereocenters. The van der Waals surface area contributed by atoms with Gasteiger partial charge in [0.1, 0.15) is 11.6 Å². The molecule has 5 nitrogen and oxygen atoms in total. The Morgan fingerprint density at radius 2 is 1.96 bits per heavy atom. The molecule has 2 N–H and O–H groups in total. The molecule has 0 fully saturated rings. The Kier molecular flexibility index (Phi) is 7.36. The summed E-state index contributed by atoms with van der Waals surface area (Å²) in [4.78, 5) is 16.2. The molecule has 1 aromatic heterocycles. The number of carbonyl (C=O) groups is 1. The lowest BCUT2D eigenvalue weighted by atomic mass is 10.2. The molecule has 24 heavy (non-hydrogen) atoms. The number of pyridine rings is 1. The lowest BCUT2D eigenvalue weighted by Crippen LogP contribution is -2.20. The first-order valence-electron chi connectivity index (χ1n) is 8.05. The van der Waals surface area contributed by atoms with E-state index in [0.29, 0.717) is 16.5 Å². The van der Waals surface area contributed by atoms with E-state index >= 15 is 0 Å². The van der Waals surface area contributed by atoms with E-state index in [2.05, 4.69) is 22.5 Å². The number of aromatic nitrogens is 1. The predicted molar refractivity (Wildman–Crippen MR) is 97.8 cm³/mol. The Morgan fingerprint density at radius 1 is 1.17 bits per heavy atom. The molecule has 2 aromatic rings. The smallest absolute Gasteiger partial charge is 0.262 e. The quantitative estimate of drug-likeness (QED) is 0.662. The molecule has 0 bridgehead atoms. The summed E-state index contributed by atoms with van der Waals surface area (Å²) >= 11 is 5.79. The zero-order valence-corrected chi connectivity index (χ0v) is 14.5. The number of nitrogens with zero attached hydrogens (tertiary/aromatic N) is 1. The van der Waals surface area contributed by atoms with Crippen molar-refractivity contribution in [3.63, 3.8) is 0 Å². The van der Waals surface area contributed by atoms with Crippen LogP contribution in [0.15, 0.2) is 42.6 Å². The third-order valence-electron chi connectivity index (χ3n) is 3.32. The van der Waals surface area contributed by atoms with Crippen LogP contribution in [0.3, 0.4) is 0 Å². The van der Waals surface area contributed by atoms with Crippen molar-refractivity contribution in [2.45, 2.75) is 26.2 Å². The highest BCUT2D eigenvalue weighted by atomic mass is 35.5. The van der Waals surface area contributed by atoms with E-state index in [0.717, 1.165) is 18.8 Å². The highest BCUT2D eigenvalue weighted by molar-refractivity contribution is 6.30.